The second-order valence-electron chi connectivity index (χ2n) is 4.56. The van der Waals surface area contributed by atoms with Crippen LogP contribution in [-0.2, 0) is 11.2 Å². The van der Waals surface area contributed by atoms with Gasteiger partial charge in [0.25, 0.3) is 0 Å². The molecule has 0 saturated heterocycles. The molecule has 0 heterocycles. The van der Waals surface area contributed by atoms with E-state index >= 15 is 0 Å². The maximum atomic E-state index is 12.0. The van der Waals surface area contributed by atoms with Crippen LogP contribution in [0.4, 0.5) is 5.69 Å². The van der Waals surface area contributed by atoms with Crippen molar-refractivity contribution in [3.63, 3.8) is 0 Å². The van der Waals surface area contributed by atoms with Crippen LogP contribution in [0, 0.1) is 11.3 Å². The zero-order valence-corrected chi connectivity index (χ0v) is 12.6. The molecule has 0 aliphatic rings. The van der Waals surface area contributed by atoms with Crippen LogP contribution in [-0.4, -0.2) is 12.2 Å². The quantitative estimate of drug-likeness (QED) is 0.853. The van der Waals surface area contributed by atoms with Gasteiger partial charge in [0.05, 0.1) is 17.3 Å². The van der Waals surface area contributed by atoms with E-state index in [0.29, 0.717) is 18.4 Å². The summed E-state index contributed by atoms with van der Waals surface area (Å²) in [6.07, 6.45) is 3.08. The lowest BCUT2D eigenvalue weighted by Crippen LogP contribution is -2.12. The number of amides is 1. The minimum absolute atomic E-state index is 0.000796. The van der Waals surface area contributed by atoms with Gasteiger partial charge in [-0.3, -0.25) is 4.79 Å². The van der Waals surface area contributed by atoms with Crippen LogP contribution in [0.5, 0.6) is 0 Å². The van der Waals surface area contributed by atoms with E-state index in [1.807, 2.05) is 42.7 Å². The Morgan fingerprint density at radius 2 is 1.90 bits per heavy atom. The summed E-state index contributed by atoms with van der Waals surface area (Å²) in [5.41, 5.74) is 2.55. The second-order valence-corrected chi connectivity index (χ2v) is 5.41. The Labute approximate surface area is 129 Å². The fraction of sp³-hybridized carbons (Fsp3) is 0.176. The Balaban J connectivity index is 1.91. The van der Waals surface area contributed by atoms with Gasteiger partial charge in [-0.05, 0) is 42.5 Å². The van der Waals surface area contributed by atoms with Gasteiger partial charge < -0.3 is 5.32 Å². The molecular weight excluding hydrogens is 280 g/mol. The average Bonchev–Trinajstić information content (AvgIpc) is 2.54. The summed E-state index contributed by atoms with van der Waals surface area (Å²) in [6, 6.07) is 17.2. The van der Waals surface area contributed by atoms with Crippen molar-refractivity contribution in [1.29, 1.82) is 5.26 Å². The average molecular weight is 296 g/mol. The van der Waals surface area contributed by atoms with E-state index in [-0.39, 0.29) is 5.91 Å². The molecule has 0 fully saturated rings. The van der Waals surface area contributed by atoms with E-state index in [0.717, 1.165) is 16.1 Å². The lowest BCUT2D eigenvalue weighted by Gasteiger charge is -2.09. The third-order valence-corrected chi connectivity index (χ3v) is 3.90. The highest BCUT2D eigenvalue weighted by Gasteiger charge is 2.06. The summed E-state index contributed by atoms with van der Waals surface area (Å²) in [5.74, 6) is 0.000796. The van der Waals surface area contributed by atoms with Gasteiger partial charge in [-0.1, -0.05) is 24.3 Å². The molecule has 2 aromatic rings. The predicted octanol–water partition coefficient (Wildman–Crippen LogP) is 3.85. The number of nitrogens with one attached hydrogen (secondary N) is 1. The van der Waals surface area contributed by atoms with Gasteiger partial charge in [-0.15, -0.1) is 11.8 Å². The highest BCUT2D eigenvalue weighted by Crippen LogP contribution is 2.24. The first kappa shape index (κ1) is 15.1. The summed E-state index contributed by atoms with van der Waals surface area (Å²) in [7, 11) is 0. The summed E-state index contributed by atoms with van der Waals surface area (Å²) >= 11 is 1.61. The first-order valence-electron chi connectivity index (χ1n) is 6.65. The third kappa shape index (κ3) is 4.37. The summed E-state index contributed by atoms with van der Waals surface area (Å²) in [5, 5.41) is 11.7. The van der Waals surface area contributed by atoms with Crippen molar-refractivity contribution in [3.05, 3.63) is 59.7 Å². The van der Waals surface area contributed by atoms with E-state index in [1.54, 1.807) is 23.9 Å². The SMILES string of the molecule is CSc1ccccc1NC(=O)CCc1ccc(C#N)cc1. The zero-order chi connectivity index (χ0) is 15.1. The predicted molar refractivity (Wildman–Crippen MR) is 86.3 cm³/mol. The number of benzene rings is 2. The van der Waals surface area contributed by atoms with Gasteiger partial charge in [-0.25, -0.2) is 0 Å². The van der Waals surface area contributed by atoms with Gasteiger partial charge in [-0.2, -0.15) is 5.26 Å². The van der Waals surface area contributed by atoms with Crippen molar-refractivity contribution in [2.75, 3.05) is 11.6 Å². The smallest absolute Gasteiger partial charge is 0.224 e. The number of thioether (sulfide) groups is 1. The molecular formula is C17H16N2OS. The molecule has 1 N–H and O–H groups in total. The zero-order valence-electron chi connectivity index (χ0n) is 11.8. The van der Waals surface area contributed by atoms with E-state index in [4.69, 9.17) is 5.26 Å². The summed E-state index contributed by atoms with van der Waals surface area (Å²) < 4.78 is 0. The van der Waals surface area contributed by atoms with E-state index in [1.165, 1.54) is 0 Å². The maximum Gasteiger partial charge on any atom is 0.224 e. The third-order valence-electron chi connectivity index (χ3n) is 3.10. The molecule has 0 spiro atoms. The maximum absolute atomic E-state index is 12.0. The monoisotopic (exact) mass is 296 g/mol. The Hall–Kier alpha value is -2.25. The van der Waals surface area contributed by atoms with Crippen molar-refractivity contribution < 1.29 is 4.79 Å². The van der Waals surface area contributed by atoms with Gasteiger partial charge >= 0.3 is 0 Å². The molecule has 2 aromatic carbocycles. The molecule has 0 unspecified atom stereocenters. The summed E-state index contributed by atoms with van der Waals surface area (Å²) in [4.78, 5) is 13.1. The number of para-hydroxylation sites is 1. The molecule has 0 radical (unpaired) electrons. The first-order chi connectivity index (χ1) is 10.2. The molecule has 0 aliphatic carbocycles. The Bertz CT molecular complexity index is 659. The van der Waals surface area contributed by atoms with Crippen LogP contribution in [0.1, 0.15) is 17.5 Å². The van der Waals surface area contributed by atoms with Crippen molar-refractivity contribution in [1.82, 2.24) is 0 Å². The molecule has 0 atom stereocenters. The van der Waals surface area contributed by atoms with Crippen LogP contribution in [0.15, 0.2) is 53.4 Å². The molecule has 3 nitrogen and oxygen atoms in total. The van der Waals surface area contributed by atoms with Crippen LogP contribution in [0.2, 0.25) is 0 Å². The largest absolute Gasteiger partial charge is 0.325 e. The van der Waals surface area contributed by atoms with Crippen LogP contribution in [0.25, 0.3) is 0 Å². The van der Waals surface area contributed by atoms with Crippen LogP contribution < -0.4 is 5.32 Å². The first-order valence-corrected chi connectivity index (χ1v) is 7.87. The molecule has 4 heteroatoms. The highest BCUT2D eigenvalue weighted by atomic mass is 32.2. The minimum atomic E-state index is 0.000796. The van der Waals surface area contributed by atoms with Crippen LogP contribution >= 0.6 is 11.8 Å². The molecule has 21 heavy (non-hydrogen) atoms. The van der Waals surface area contributed by atoms with E-state index in [2.05, 4.69) is 11.4 Å². The number of carbonyl (C=O) groups is 1. The van der Waals surface area contributed by atoms with Gasteiger partial charge in [0.15, 0.2) is 0 Å². The Morgan fingerprint density at radius 1 is 1.19 bits per heavy atom. The fourth-order valence-electron chi connectivity index (χ4n) is 1.96. The van der Waals surface area contributed by atoms with Gasteiger partial charge in [0, 0.05) is 11.3 Å². The number of nitrogens with zero attached hydrogens (tertiary/aromatic N) is 1. The molecule has 1 amide bonds. The lowest BCUT2D eigenvalue weighted by molar-refractivity contribution is -0.116. The number of hydrogen-bond donors (Lipinski definition) is 1. The van der Waals surface area contributed by atoms with Gasteiger partial charge in [0.1, 0.15) is 0 Å². The minimum Gasteiger partial charge on any atom is -0.325 e. The number of nitriles is 1. The highest BCUT2D eigenvalue weighted by molar-refractivity contribution is 7.98. The summed E-state index contributed by atoms with van der Waals surface area (Å²) in [6.45, 7) is 0. The molecule has 0 aromatic heterocycles. The topological polar surface area (TPSA) is 52.9 Å². The number of rotatable bonds is 5. The fourth-order valence-corrected chi connectivity index (χ4v) is 2.52. The number of aryl methyl sites for hydroxylation is 1. The number of carbonyl (C=O) groups excluding carboxylic acids is 1. The number of anilines is 1. The Kier molecular flexibility index (Phi) is 5.42. The Morgan fingerprint density at radius 3 is 2.57 bits per heavy atom. The number of hydrogen-bond acceptors (Lipinski definition) is 3. The normalized spacial score (nSPS) is 9.90. The van der Waals surface area contributed by atoms with E-state index in [9.17, 15) is 4.79 Å². The van der Waals surface area contributed by atoms with E-state index < -0.39 is 0 Å². The van der Waals surface area contributed by atoms with Gasteiger partial charge in [0.2, 0.25) is 5.91 Å². The molecule has 0 saturated carbocycles. The van der Waals surface area contributed by atoms with Crippen molar-refractivity contribution in [3.8, 4) is 6.07 Å². The molecule has 0 aliphatic heterocycles. The van der Waals surface area contributed by atoms with Crippen molar-refractivity contribution >= 4 is 23.4 Å². The van der Waals surface area contributed by atoms with Crippen LogP contribution in [0.3, 0.4) is 0 Å². The van der Waals surface area contributed by atoms with Crippen molar-refractivity contribution in [2.45, 2.75) is 17.7 Å². The molecule has 0 bridgehead atoms. The second kappa shape index (κ2) is 7.51. The molecule has 2 rings (SSSR count). The van der Waals surface area contributed by atoms with Crippen molar-refractivity contribution in [2.24, 2.45) is 0 Å². The lowest BCUT2D eigenvalue weighted by atomic mass is 10.1. The standard InChI is InChI=1S/C17H16N2OS/c1-21-16-5-3-2-4-15(16)19-17(20)11-10-13-6-8-14(12-18)9-7-13/h2-9H,10-11H2,1H3,(H,19,20). The molecule has 106 valence electrons.